The molecule has 0 spiro atoms. The Balaban J connectivity index is 1.66. The average Bonchev–Trinajstić information content (AvgIpc) is 2.58. The number of carboxylic acid groups (broad SMARTS) is 1. The molecule has 0 aromatic heterocycles. The van der Waals surface area contributed by atoms with Crippen molar-refractivity contribution >= 4 is 11.8 Å². The quantitative estimate of drug-likeness (QED) is 0.705. The molecule has 4 aliphatic rings. The van der Waals surface area contributed by atoms with Crippen molar-refractivity contribution in [1.82, 2.24) is 14.7 Å². The molecule has 0 bridgehead atoms. The van der Waals surface area contributed by atoms with Crippen molar-refractivity contribution in [1.29, 1.82) is 0 Å². The molecule has 0 amide bonds. The van der Waals surface area contributed by atoms with Gasteiger partial charge in [0.05, 0.1) is 18.3 Å². The maximum Gasteiger partial charge on any atom is 0.340 e. The van der Waals surface area contributed by atoms with Gasteiger partial charge in [0.1, 0.15) is 17.8 Å². The average molecular weight is 351 g/mol. The fourth-order valence-electron chi connectivity index (χ4n) is 4.51. The van der Waals surface area contributed by atoms with E-state index in [1.165, 1.54) is 12.5 Å². The maximum atomic E-state index is 15.1. The Morgan fingerprint density at radius 2 is 2.00 bits per heavy atom. The lowest BCUT2D eigenvalue weighted by molar-refractivity contribution is -0.145. The summed E-state index contributed by atoms with van der Waals surface area (Å²) < 4.78 is 20.9. The SMILES string of the molecule is CN1CCN(C2C(F)CC3C(=O)C(C(=O)O)=CN4C=COC2C34)CC1. The van der Waals surface area contributed by atoms with Gasteiger partial charge in [0, 0.05) is 44.5 Å². The second-order valence-electron chi connectivity index (χ2n) is 7.22. The first-order valence-corrected chi connectivity index (χ1v) is 8.63. The van der Waals surface area contributed by atoms with E-state index in [4.69, 9.17) is 4.74 Å². The van der Waals surface area contributed by atoms with E-state index in [1.54, 1.807) is 11.1 Å². The highest BCUT2D eigenvalue weighted by atomic mass is 19.1. The van der Waals surface area contributed by atoms with Crippen LogP contribution in [0.15, 0.2) is 24.2 Å². The molecule has 8 heteroatoms. The monoisotopic (exact) mass is 351 g/mol. The molecule has 5 unspecified atom stereocenters. The number of nitrogens with zero attached hydrogens (tertiary/aromatic N) is 3. The van der Waals surface area contributed by atoms with Crippen molar-refractivity contribution in [2.45, 2.75) is 30.8 Å². The normalized spacial score (nSPS) is 38.8. The van der Waals surface area contributed by atoms with Crippen LogP contribution in [0.2, 0.25) is 0 Å². The first-order valence-electron chi connectivity index (χ1n) is 8.63. The minimum Gasteiger partial charge on any atom is -0.493 e. The van der Waals surface area contributed by atoms with Crippen LogP contribution in [-0.4, -0.2) is 89.1 Å². The van der Waals surface area contributed by atoms with Crippen LogP contribution in [0.4, 0.5) is 4.39 Å². The van der Waals surface area contributed by atoms with Gasteiger partial charge in [0.2, 0.25) is 0 Å². The molecule has 1 N–H and O–H groups in total. The Kier molecular flexibility index (Phi) is 4.04. The third-order valence-electron chi connectivity index (χ3n) is 5.82. The highest BCUT2D eigenvalue weighted by Crippen LogP contribution is 2.41. The number of Topliss-reactive ketones (excluding diaryl/α,β-unsaturated/α-hetero) is 1. The summed E-state index contributed by atoms with van der Waals surface area (Å²) in [4.78, 5) is 29.9. The van der Waals surface area contributed by atoms with Crippen LogP contribution < -0.4 is 0 Å². The van der Waals surface area contributed by atoms with Crippen LogP contribution in [0, 0.1) is 5.92 Å². The lowest BCUT2D eigenvalue weighted by atomic mass is 9.71. The van der Waals surface area contributed by atoms with E-state index in [9.17, 15) is 14.7 Å². The third kappa shape index (κ3) is 2.64. The fourth-order valence-corrected chi connectivity index (χ4v) is 4.51. The molecule has 0 aromatic rings. The van der Waals surface area contributed by atoms with Crippen molar-refractivity contribution in [2.75, 3.05) is 33.2 Å². The van der Waals surface area contributed by atoms with Gasteiger partial charge < -0.3 is 19.6 Å². The van der Waals surface area contributed by atoms with Gasteiger partial charge in [-0.15, -0.1) is 0 Å². The minimum atomic E-state index is -1.27. The molecule has 2 fully saturated rings. The van der Waals surface area contributed by atoms with Crippen LogP contribution in [0.5, 0.6) is 0 Å². The topological polar surface area (TPSA) is 73.3 Å². The van der Waals surface area contributed by atoms with Crippen LogP contribution in [-0.2, 0) is 14.3 Å². The molecule has 25 heavy (non-hydrogen) atoms. The Morgan fingerprint density at radius 1 is 1.28 bits per heavy atom. The molecule has 3 heterocycles. The third-order valence-corrected chi connectivity index (χ3v) is 5.82. The number of alkyl halides is 1. The Bertz CT molecular complexity index is 644. The van der Waals surface area contributed by atoms with Gasteiger partial charge in [-0.1, -0.05) is 0 Å². The number of carboxylic acids is 1. The zero-order valence-corrected chi connectivity index (χ0v) is 14.0. The standard InChI is InChI=1S/C17H22FN3O4/c1-19-2-4-20(5-3-19)14-12(18)8-10-13-16(14)25-7-6-21(13)9-11(15(10)22)17(23)24/h6-7,9-10,12-14,16H,2-5,8H2,1H3,(H,23,24). The smallest absolute Gasteiger partial charge is 0.340 e. The number of likely N-dealkylation sites (N-methyl/N-ethyl adjacent to an activating group) is 1. The van der Waals surface area contributed by atoms with Crippen LogP contribution in [0.25, 0.3) is 0 Å². The number of carbonyl (C=O) groups excluding carboxylic acids is 1. The largest absolute Gasteiger partial charge is 0.493 e. The van der Waals surface area contributed by atoms with Crippen molar-refractivity contribution < 1.29 is 23.8 Å². The van der Waals surface area contributed by atoms with E-state index in [-0.39, 0.29) is 18.0 Å². The predicted octanol–water partition coefficient (Wildman–Crippen LogP) is 0.0522. The molecule has 0 aromatic carbocycles. The first kappa shape index (κ1) is 16.5. The highest BCUT2D eigenvalue weighted by molar-refractivity contribution is 6.18. The molecular formula is C17H22FN3O4. The number of hydrogen-bond donors (Lipinski definition) is 1. The molecule has 3 aliphatic heterocycles. The van der Waals surface area contributed by atoms with Gasteiger partial charge >= 0.3 is 5.97 Å². The van der Waals surface area contributed by atoms with Gasteiger partial charge in [0.25, 0.3) is 0 Å². The van der Waals surface area contributed by atoms with E-state index in [1.807, 2.05) is 7.05 Å². The molecular weight excluding hydrogens is 329 g/mol. The molecule has 7 nitrogen and oxygen atoms in total. The van der Waals surface area contributed by atoms with Crippen molar-refractivity contribution in [2.24, 2.45) is 5.92 Å². The lowest BCUT2D eigenvalue weighted by Gasteiger charge is -2.53. The number of piperazine rings is 1. The van der Waals surface area contributed by atoms with Crippen LogP contribution >= 0.6 is 0 Å². The highest BCUT2D eigenvalue weighted by Gasteiger charge is 2.56. The van der Waals surface area contributed by atoms with Gasteiger partial charge in [-0.3, -0.25) is 9.69 Å². The van der Waals surface area contributed by atoms with Gasteiger partial charge in [-0.25, -0.2) is 9.18 Å². The molecule has 4 rings (SSSR count). The summed E-state index contributed by atoms with van der Waals surface area (Å²) in [5.74, 6) is -2.45. The molecule has 136 valence electrons. The molecule has 1 aliphatic carbocycles. The summed E-state index contributed by atoms with van der Waals surface area (Å²) in [6.07, 6.45) is 2.79. The zero-order valence-electron chi connectivity index (χ0n) is 14.0. The van der Waals surface area contributed by atoms with Gasteiger partial charge in [-0.05, 0) is 13.5 Å². The van der Waals surface area contributed by atoms with Gasteiger partial charge in [0.15, 0.2) is 5.78 Å². The molecule has 5 atom stereocenters. The Labute approximate surface area is 145 Å². The summed E-state index contributed by atoms with van der Waals surface area (Å²) in [6.45, 7) is 3.25. The Hall–Kier alpha value is -1.93. The summed E-state index contributed by atoms with van der Waals surface area (Å²) in [6, 6.07) is -0.771. The lowest BCUT2D eigenvalue weighted by Crippen LogP contribution is -2.68. The summed E-state index contributed by atoms with van der Waals surface area (Å²) >= 11 is 0. The maximum absolute atomic E-state index is 15.1. The first-order chi connectivity index (χ1) is 12.0. The second kappa shape index (κ2) is 6.10. The van der Waals surface area contributed by atoms with Crippen molar-refractivity contribution in [3.05, 3.63) is 24.2 Å². The molecule has 1 saturated heterocycles. The number of carbonyl (C=O) groups is 2. The minimum absolute atomic E-state index is 0.0370. The number of aliphatic carboxylic acids is 1. The molecule has 0 radical (unpaired) electrons. The van der Waals surface area contributed by atoms with E-state index < -0.39 is 36.0 Å². The fraction of sp³-hybridized carbons (Fsp3) is 0.647. The number of ketones is 1. The van der Waals surface area contributed by atoms with E-state index in [0.29, 0.717) is 0 Å². The van der Waals surface area contributed by atoms with E-state index in [0.717, 1.165) is 26.2 Å². The Morgan fingerprint density at radius 3 is 2.68 bits per heavy atom. The summed E-state index contributed by atoms with van der Waals surface area (Å²) in [7, 11) is 2.04. The van der Waals surface area contributed by atoms with Crippen LogP contribution in [0.1, 0.15) is 6.42 Å². The zero-order chi connectivity index (χ0) is 17.7. The van der Waals surface area contributed by atoms with E-state index in [2.05, 4.69) is 9.80 Å². The summed E-state index contributed by atoms with van der Waals surface area (Å²) in [5.41, 5.74) is -0.281. The van der Waals surface area contributed by atoms with Gasteiger partial charge in [-0.2, -0.15) is 0 Å². The second-order valence-corrected chi connectivity index (χ2v) is 7.22. The predicted molar refractivity (Wildman–Crippen MR) is 86.2 cm³/mol. The van der Waals surface area contributed by atoms with E-state index >= 15 is 4.39 Å². The summed E-state index contributed by atoms with van der Waals surface area (Å²) in [5, 5.41) is 9.26. The number of hydrogen-bond acceptors (Lipinski definition) is 6. The number of ether oxygens (including phenoxy) is 1. The number of rotatable bonds is 2. The number of halogens is 1. The molecule has 1 saturated carbocycles. The van der Waals surface area contributed by atoms with Crippen molar-refractivity contribution in [3.63, 3.8) is 0 Å². The van der Waals surface area contributed by atoms with Crippen LogP contribution in [0.3, 0.4) is 0 Å². The van der Waals surface area contributed by atoms with Crippen molar-refractivity contribution in [3.8, 4) is 0 Å².